The topological polar surface area (TPSA) is 78.3 Å². The lowest BCUT2D eigenvalue weighted by Crippen LogP contribution is -1.95. The van der Waals surface area contributed by atoms with Crippen molar-refractivity contribution in [3.8, 4) is 12.3 Å². The van der Waals surface area contributed by atoms with E-state index in [1.54, 1.807) is 32.0 Å². The van der Waals surface area contributed by atoms with Gasteiger partial charge in [-0.3, -0.25) is 15.1 Å². The second-order valence-electron chi connectivity index (χ2n) is 7.88. The molecule has 2 aromatic heterocycles. The number of fused-ring (bicyclic) bond motifs is 1. The Balaban J connectivity index is 0.000000287. The summed E-state index contributed by atoms with van der Waals surface area (Å²) in [4.78, 5) is 12.9. The number of benzene rings is 2. The number of pyridine rings is 1. The number of aliphatic imine (C=N–C) groups is 2. The fourth-order valence-corrected chi connectivity index (χ4v) is 3.21. The van der Waals surface area contributed by atoms with E-state index < -0.39 is 0 Å². The van der Waals surface area contributed by atoms with Gasteiger partial charge in [-0.2, -0.15) is 5.10 Å². The molecule has 0 aliphatic heterocycles. The van der Waals surface area contributed by atoms with Crippen LogP contribution >= 0.6 is 0 Å². The number of hydrogen-bond acceptors (Lipinski definition) is 4. The van der Waals surface area contributed by atoms with Gasteiger partial charge >= 0.3 is 0 Å². The average Bonchev–Trinajstić information content (AvgIpc) is 3.36. The van der Waals surface area contributed by atoms with E-state index >= 15 is 0 Å². The third-order valence-corrected chi connectivity index (χ3v) is 5.37. The van der Waals surface area contributed by atoms with Crippen molar-refractivity contribution in [2.45, 2.75) is 27.2 Å². The number of anilines is 1. The van der Waals surface area contributed by atoms with Gasteiger partial charge in [0.1, 0.15) is 0 Å². The maximum absolute atomic E-state index is 5.19. The highest BCUT2D eigenvalue weighted by molar-refractivity contribution is 5.86. The highest BCUT2D eigenvalue weighted by Crippen LogP contribution is 2.21. The number of aryl methyl sites for hydroxylation is 2. The zero-order chi connectivity index (χ0) is 25.0. The normalized spacial score (nSPS) is 11.5. The van der Waals surface area contributed by atoms with Gasteiger partial charge in [-0.15, -0.1) is 6.42 Å². The predicted molar refractivity (Wildman–Crippen MR) is 149 cm³/mol. The molecule has 0 saturated heterocycles. The van der Waals surface area contributed by atoms with Crippen LogP contribution in [0.15, 0.2) is 77.0 Å². The Morgan fingerprint density at radius 3 is 2.63 bits per heavy atom. The zero-order valence-corrected chi connectivity index (χ0v) is 20.6. The molecule has 0 unspecified atom stereocenters. The SMILES string of the molecule is C#Cc1ccc(CC)cc1.CN=C/C=C(\C)c1cc(C)c(N=CNc2ccc3cn[nH]c3c2)cn1. The van der Waals surface area contributed by atoms with Gasteiger partial charge in [-0.25, -0.2) is 4.99 Å². The third kappa shape index (κ3) is 7.24. The average molecular weight is 463 g/mol. The van der Waals surface area contributed by atoms with Crippen molar-refractivity contribution in [1.82, 2.24) is 15.2 Å². The minimum absolute atomic E-state index is 0.829. The Bertz CT molecular complexity index is 1380. The molecule has 0 aliphatic rings. The first-order valence-corrected chi connectivity index (χ1v) is 11.4. The summed E-state index contributed by atoms with van der Waals surface area (Å²) >= 11 is 0. The number of aromatic nitrogens is 3. The highest BCUT2D eigenvalue weighted by atomic mass is 15.1. The molecule has 0 saturated carbocycles. The number of aromatic amines is 1. The maximum Gasteiger partial charge on any atom is 0.0931 e. The quantitative estimate of drug-likeness (QED) is 0.198. The summed E-state index contributed by atoms with van der Waals surface area (Å²) in [6.45, 7) is 6.17. The molecule has 6 heteroatoms. The summed E-state index contributed by atoms with van der Waals surface area (Å²) in [5, 5.41) is 11.2. The fraction of sp³-hybridized carbons (Fsp3) is 0.172. The van der Waals surface area contributed by atoms with Crippen molar-refractivity contribution >= 4 is 40.4 Å². The summed E-state index contributed by atoms with van der Waals surface area (Å²) < 4.78 is 0. The molecule has 0 atom stereocenters. The Morgan fingerprint density at radius 1 is 1.14 bits per heavy atom. The lowest BCUT2D eigenvalue weighted by Gasteiger charge is -2.05. The van der Waals surface area contributed by atoms with Crippen molar-refractivity contribution in [3.05, 3.63) is 89.4 Å². The van der Waals surface area contributed by atoms with E-state index in [4.69, 9.17) is 6.42 Å². The minimum atomic E-state index is 0.829. The molecule has 0 fully saturated rings. The summed E-state index contributed by atoms with van der Waals surface area (Å²) in [5.41, 5.74) is 8.10. The number of rotatable bonds is 6. The summed E-state index contributed by atoms with van der Waals surface area (Å²) in [7, 11) is 1.75. The van der Waals surface area contributed by atoms with Gasteiger partial charge in [-0.1, -0.05) is 25.0 Å². The van der Waals surface area contributed by atoms with Gasteiger partial charge < -0.3 is 5.32 Å². The van der Waals surface area contributed by atoms with Gasteiger partial charge in [0.15, 0.2) is 0 Å². The molecule has 2 aromatic carbocycles. The van der Waals surface area contributed by atoms with Gasteiger partial charge in [0.25, 0.3) is 0 Å². The Kier molecular flexibility index (Phi) is 9.09. The van der Waals surface area contributed by atoms with Crippen molar-refractivity contribution in [1.29, 1.82) is 0 Å². The largest absolute Gasteiger partial charge is 0.346 e. The molecule has 6 nitrogen and oxygen atoms in total. The second-order valence-corrected chi connectivity index (χ2v) is 7.88. The first-order chi connectivity index (χ1) is 17.0. The van der Waals surface area contributed by atoms with Crippen LogP contribution in [0.2, 0.25) is 0 Å². The van der Waals surface area contributed by atoms with E-state index in [0.29, 0.717) is 0 Å². The van der Waals surface area contributed by atoms with E-state index in [1.807, 2.05) is 56.3 Å². The molecule has 0 radical (unpaired) electrons. The molecule has 0 bridgehead atoms. The number of allylic oxidation sites excluding steroid dienone is 2. The Labute approximate surface area is 207 Å². The second kappa shape index (κ2) is 12.7. The van der Waals surface area contributed by atoms with Crippen LogP contribution in [0.3, 0.4) is 0 Å². The molecule has 0 aliphatic carbocycles. The maximum atomic E-state index is 5.19. The lowest BCUT2D eigenvalue weighted by atomic mass is 10.1. The minimum Gasteiger partial charge on any atom is -0.346 e. The number of hydrogen-bond donors (Lipinski definition) is 2. The van der Waals surface area contributed by atoms with E-state index in [2.05, 4.69) is 55.5 Å². The number of terminal acetylenes is 1. The van der Waals surface area contributed by atoms with E-state index in [1.165, 1.54) is 5.56 Å². The molecule has 35 heavy (non-hydrogen) atoms. The first kappa shape index (κ1) is 25.1. The summed E-state index contributed by atoms with van der Waals surface area (Å²) in [5.74, 6) is 2.58. The molecule has 0 amide bonds. The third-order valence-electron chi connectivity index (χ3n) is 5.37. The predicted octanol–water partition coefficient (Wildman–Crippen LogP) is 6.37. The molecule has 2 N–H and O–H groups in total. The first-order valence-electron chi connectivity index (χ1n) is 11.4. The monoisotopic (exact) mass is 462 g/mol. The lowest BCUT2D eigenvalue weighted by molar-refractivity contribution is 1.12. The molecule has 4 rings (SSSR count). The van der Waals surface area contributed by atoms with Crippen LogP contribution in [0, 0.1) is 19.3 Å². The van der Waals surface area contributed by atoms with Gasteiger partial charge in [-0.05, 0) is 79.4 Å². The smallest absolute Gasteiger partial charge is 0.0931 e. The molecule has 2 heterocycles. The van der Waals surface area contributed by atoms with Gasteiger partial charge in [0.2, 0.25) is 0 Å². The van der Waals surface area contributed by atoms with E-state index in [9.17, 15) is 0 Å². The van der Waals surface area contributed by atoms with Crippen LogP contribution in [0.25, 0.3) is 16.5 Å². The van der Waals surface area contributed by atoms with Crippen LogP contribution in [0.5, 0.6) is 0 Å². The summed E-state index contributed by atoms with van der Waals surface area (Å²) in [6.07, 6.45) is 15.2. The number of H-pyrrole nitrogens is 1. The van der Waals surface area contributed by atoms with Crippen molar-refractivity contribution in [3.63, 3.8) is 0 Å². The van der Waals surface area contributed by atoms with Crippen LogP contribution < -0.4 is 5.32 Å². The van der Waals surface area contributed by atoms with E-state index in [0.717, 1.165) is 51.1 Å². The molecular weight excluding hydrogens is 432 g/mol. The number of nitrogens with one attached hydrogen (secondary N) is 2. The van der Waals surface area contributed by atoms with Crippen molar-refractivity contribution in [2.24, 2.45) is 9.98 Å². The molecule has 4 aromatic rings. The Hall–Kier alpha value is -4.50. The van der Waals surface area contributed by atoms with Crippen molar-refractivity contribution < 1.29 is 0 Å². The number of nitrogens with zero attached hydrogens (tertiary/aromatic N) is 4. The van der Waals surface area contributed by atoms with E-state index in [-0.39, 0.29) is 0 Å². The Morgan fingerprint density at radius 2 is 1.94 bits per heavy atom. The van der Waals surface area contributed by atoms with Crippen LogP contribution in [0.1, 0.15) is 36.2 Å². The van der Waals surface area contributed by atoms with Crippen molar-refractivity contribution in [2.75, 3.05) is 12.4 Å². The summed E-state index contributed by atoms with van der Waals surface area (Å²) in [6, 6.07) is 16.1. The standard InChI is InChI=1S/C19H20N6.C10H10/c1-13(6-7-20-3)17-8-14(2)19(11-21-17)23-12-22-16-5-4-15-10-24-25-18(15)9-16;1-3-9-5-7-10(4-2)8-6-9/h4-12H,1-3H3,(H,22,23)(H,24,25);1,5-8H,4H2,2H3/b13-6+,20-7?;. The molecule has 0 spiro atoms. The highest BCUT2D eigenvalue weighted by Gasteiger charge is 2.02. The molecule has 176 valence electrons. The van der Waals surface area contributed by atoms with Crippen LogP contribution in [-0.4, -0.2) is 34.8 Å². The van der Waals surface area contributed by atoms with Crippen LogP contribution in [0.4, 0.5) is 11.4 Å². The zero-order valence-electron chi connectivity index (χ0n) is 20.6. The molecular formula is C29H30N6. The van der Waals surface area contributed by atoms with Gasteiger partial charge in [0, 0.05) is 29.9 Å². The van der Waals surface area contributed by atoms with Gasteiger partial charge in [0.05, 0.1) is 35.6 Å². The fourth-order valence-electron chi connectivity index (χ4n) is 3.21. The van der Waals surface area contributed by atoms with Crippen LogP contribution in [-0.2, 0) is 6.42 Å².